The molecule has 5 nitrogen and oxygen atoms in total. The molecule has 4 unspecified atom stereocenters. The molecule has 0 aromatic carbocycles. The zero-order valence-electron chi connectivity index (χ0n) is 22.2. The standard InChI is InChI=1S/C22H42N2O3.2C2H6/c1-7-11-22(4,5)16-17(2)10-12-23-20(25)9-8-13-24(6)19-14-18(3)27-21(26)15-19;2*1-2/h7,17-19,21,26H,1,8-16H2,2-6H3,(H,23,25);2*1-2H3. The van der Waals surface area contributed by atoms with Gasteiger partial charge in [-0.25, -0.2) is 0 Å². The van der Waals surface area contributed by atoms with E-state index in [4.69, 9.17) is 4.74 Å². The first-order chi connectivity index (χ1) is 14.6. The van der Waals surface area contributed by atoms with E-state index in [1.165, 1.54) is 0 Å². The molecule has 1 fully saturated rings. The second-order valence-corrected chi connectivity index (χ2v) is 9.22. The monoisotopic (exact) mass is 442 g/mol. The summed E-state index contributed by atoms with van der Waals surface area (Å²) in [6.07, 6.45) is 7.58. The van der Waals surface area contributed by atoms with Crippen LogP contribution in [0.3, 0.4) is 0 Å². The highest BCUT2D eigenvalue weighted by molar-refractivity contribution is 5.75. The third kappa shape index (κ3) is 16.4. The zero-order chi connectivity index (χ0) is 24.4. The summed E-state index contributed by atoms with van der Waals surface area (Å²) in [6.45, 7) is 22.3. The van der Waals surface area contributed by atoms with Crippen molar-refractivity contribution in [1.29, 1.82) is 0 Å². The first kappa shape index (κ1) is 32.3. The molecule has 1 aliphatic rings. The first-order valence-corrected chi connectivity index (χ1v) is 12.5. The molecule has 186 valence electrons. The van der Waals surface area contributed by atoms with Crippen molar-refractivity contribution in [2.75, 3.05) is 20.1 Å². The van der Waals surface area contributed by atoms with Crippen molar-refractivity contribution in [1.82, 2.24) is 10.2 Å². The summed E-state index contributed by atoms with van der Waals surface area (Å²) in [4.78, 5) is 14.3. The fourth-order valence-electron chi connectivity index (χ4n) is 4.19. The quantitative estimate of drug-likeness (QED) is 0.377. The average molecular weight is 443 g/mol. The number of ether oxygens (including phenoxy) is 1. The van der Waals surface area contributed by atoms with Gasteiger partial charge in [0.05, 0.1) is 6.10 Å². The van der Waals surface area contributed by atoms with Gasteiger partial charge in [0.1, 0.15) is 0 Å². The van der Waals surface area contributed by atoms with Gasteiger partial charge < -0.3 is 20.1 Å². The summed E-state index contributed by atoms with van der Waals surface area (Å²) < 4.78 is 5.38. The molecule has 0 radical (unpaired) electrons. The largest absolute Gasteiger partial charge is 0.368 e. The summed E-state index contributed by atoms with van der Waals surface area (Å²) in [5, 5.41) is 12.8. The summed E-state index contributed by atoms with van der Waals surface area (Å²) in [7, 11) is 2.07. The van der Waals surface area contributed by atoms with E-state index in [0.717, 1.165) is 45.2 Å². The molecule has 0 bridgehead atoms. The van der Waals surface area contributed by atoms with Gasteiger partial charge in [-0.1, -0.05) is 54.5 Å². The van der Waals surface area contributed by atoms with Crippen molar-refractivity contribution >= 4 is 5.91 Å². The highest BCUT2D eigenvalue weighted by atomic mass is 16.6. The van der Waals surface area contributed by atoms with Crippen LogP contribution in [-0.2, 0) is 9.53 Å². The number of hydrogen-bond acceptors (Lipinski definition) is 4. The summed E-state index contributed by atoms with van der Waals surface area (Å²) in [6, 6.07) is 0.326. The lowest BCUT2D eigenvalue weighted by Crippen LogP contribution is -2.43. The number of nitrogens with zero attached hydrogens (tertiary/aromatic N) is 1. The van der Waals surface area contributed by atoms with Gasteiger partial charge in [-0.05, 0) is 64.0 Å². The van der Waals surface area contributed by atoms with Crippen molar-refractivity contribution < 1.29 is 14.6 Å². The normalized spacial score (nSPS) is 21.8. The number of allylic oxidation sites excluding steroid dienone is 1. The maximum Gasteiger partial charge on any atom is 0.220 e. The number of amides is 1. The van der Waals surface area contributed by atoms with E-state index in [2.05, 4.69) is 44.6 Å². The molecular formula is C26H54N2O3. The van der Waals surface area contributed by atoms with Gasteiger partial charge in [-0.2, -0.15) is 0 Å². The fraction of sp³-hybridized carbons (Fsp3) is 0.885. The third-order valence-corrected chi connectivity index (χ3v) is 5.56. The Morgan fingerprint density at radius 2 is 1.90 bits per heavy atom. The number of nitrogens with one attached hydrogen (secondary N) is 1. The minimum atomic E-state index is -0.664. The number of rotatable bonds is 12. The molecule has 31 heavy (non-hydrogen) atoms. The molecule has 1 saturated heterocycles. The van der Waals surface area contributed by atoms with Crippen LogP contribution < -0.4 is 5.32 Å². The average Bonchev–Trinajstić information content (AvgIpc) is 2.69. The van der Waals surface area contributed by atoms with Crippen LogP contribution in [0.4, 0.5) is 0 Å². The van der Waals surface area contributed by atoms with Crippen LogP contribution in [0.5, 0.6) is 0 Å². The minimum Gasteiger partial charge on any atom is -0.368 e. The summed E-state index contributed by atoms with van der Waals surface area (Å²) >= 11 is 0. The molecule has 0 spiro atoms. The SMILES string of the molecule is C=CCC(C)(C)CC(C)CCNC(=O)CCCN(C)C1CC(C)OC(O)C1.CC.CC. The Hall–Kier alpha value is -0.910. The number of hydrogen-bond donors (Lipinski definition) is 2. The lowest BCUT2D eigenvalue weighted by molar-refractivity contribution is -0.173. The Morgan fingerprint density at radius 1 is 1.29 bits per heavy atom. The number of carbonyl (C=O) groups excluding carboxylic acids is 1. The lowest BCUT2D eigenvalue weighted by atomic mass is 9.80. The van der Waals surface area contributed by atoms with Crippen molar-refractivity contribution in [3.05, 3.63) is 12.7 Å². The zero-order valence-corrected chi connectivity index (χ0v) is 22.2. The molecule has 1 rings (SSSR count). The lowest BCUT2D eigenvalue weighted by Gasteiger charge is -2.36. The number of carbonyl (C=O) groups is 1. The molecule has 4 atom stereocenters. The van der Waals surface area contributed by atoms with E-state index in [1.54, 1.807) is 0 Å². The van der Waals surface area contributed by atoms with Gasteiger partial charge in [-0.3, -0.25) is 4.79 Å². The molecule has 0 aliphatic carbocycles. The van der Waals surface area contributed by atoms with E-state index in [9.17, 15) is 9.90 Å². The maximum atomic E-state index is 12.1. The third-order valence-electron chi connectivity index (χ3n) is 5.56. The molecule has 1 aliphatic heterocycles. The smallest absolute Gasteiger partial charge is 0.220 e. The molecule has 0 aromatic heterocycles. The van der Waals surface area contributed by atoms with Crippen LogP contribution in [0.2, 0.25) is 0 Å². The predicted octanol–water partition coefficient (Wildman–Crippen LogP) is 5.77. The topological polar surface area (TPSA) is 61.8 Å². The molecule has 5 heteroatoms. The second kappa shape index (κ2) is 18.6. The van der Waals surface area contributed by atoms with E-state index in [-0.39, 0.29) is 17.4 Å². The van der Waals surface area contributed by atoms with Crippen LogP contribution in [0, 0.1) is 11.3 Å². The Balaban J connectivity index is 0. The highest BCUT2D eigenvalue weighted by Gasteiger charge is 2.28. The van der Waals surface area contributed by atoms with Crippen LogP contribution in [0.15, 0.2) is 12.7 Å². The molecule has 2 N–H and O–H groups in total. The minimum absolute atomic E-state index is 0.0861. The Kier molecular flexibility index (Phi) is 19.4. The van der Waals surface area contributed by atoms with E-state index >= 15 is 0 Å². The Labute approximate surface area is 194 Å². The van der Waals surface area contributed by atoms with Gasteiger partial charge in [-0.15, -0.1) is 6.58 Å². The van der Waals surface area contributed by atoms with Crippen molar-refractivity contribution in [2.45, 2.75) is 119 Å². The molecule has 1 amide bonds. The van der Waals surface area contributed by atoms with Crippen molar-refractivity contribution in [2.24, 2.45) is 11.3 Å². The van der Waals surface area contributed by atoms with E-state index in [0.29, 0.717) is 24.8 Å². The summed E-state index contributed by atoms with van der Waals surface area (Å²) in [5.41, 5.74) is 0.283. The van der Waals surface area contributed by atoms with E-state index in [1.807, 2.05) is 40.7 Å². The molecule has 1 heterocycles. The van der Waals surface area contributed by atoms with Gasteiger partial charge in [0, 0.05) is 25.4 Å². The van der Waals surface area contributed by atoms with Crippen molar-refractivity contribution in [3.63, 3.8) is 0 Å². The van der Waals surface area contributed by atoms with Crippen LogP contribution in [0.1, 0.15) is 100 Å². The molecular weight excluding hydrogens is 388 g/mol. The van der Waals surface area contributed by atoms with Crippen molar-refractivity contribution in [3.8, 4) is 0 Å². The predicted molar refractivity (Wildman–Crippen MR) is 134 cm³/mol. The Morgan fingerprint density at radius 3 is 2.45 bits per heavy atom. The van der Waals surface area contributed by atoms with E-state index < -0.39 is 6.29 Å². The second-order valence-electron chi connectivity index (χ2n) is 9.22. The fourth-order valence-corrected chi connectivity index (χ4v) is 4.19. The highest BCUT2D eigenvalue weighted by Crippen LogP contribution is 2.30. The van der Waals surface area contributed by atoms with Crippen LogP contribution in [-0.4, -0.2) is 54.5 Å². The van der Waals surface area contributed by atoms with Crippen LogP contribution in [0.25, 0.3) is 0 Å². The van der Waals surface area contributed by atoms with Gasteiger partial charge in [0.15, 0.2) is 6.29 Å². The van der Waals surface area contributed by atoms with Gasteiger partial charge in [0.2, 0.25) is 5.91 Å². The molecule has 0 saturated carbocycles. The van der Waals surface area contributed by atoms with Gasteiger partial charge >= 0.3 is 0 Å². The Bertz CT molecular complexity index is 444. The number of aliphatic hydroxyl groups excluding tert-OH is 1. The van der Waals surface area contributed by atoms with Gasteiger partial charge in [0.25, 0.3) is 0 Å². The first-order valence-electron chi connectivity index (χ1n) is 12.5. The molecule has 0 aromatic rings. The number of aliphatic hydroxyl groups is 1. The van der Waals surface area contributed by atoms with Crippen LogP contribution >= 0.6 is 0 Å². The summed E-state index contributed by atoms with van der Waals surface area (Å²) in [5.74, 6) is 0.731. The maximum absolute atomic E-state index is 12.1.